The van der Waals surface area contributed by atoms with Crippen LogP contribution in [0.5, 0.6) is 5.75 Å². The maximum Gasteiger partial charge on any atom is 0.422 e. The highest BCUT2D eigenvalue weighted by atomic mass is 35.5. The molecule has 0 fully saturated rings. The number of rotatable bonds is 7. The van der Waals surface area contributed by atoms with Gasteiger partial charge in [-0.3, -0.25) is 4.79 Å². The molecule has 126 valence electrons. The van der Waals surface area contributed by atoms with Crippen LogP contribution in [-0.2, 0) is 4.79 Å². The van der Waals surface area contributed by atoms with Crippen LogP contribution >= 0.6 is 12.4 Å². The van der Waals surface area contributed by atoms with E-state index in [0.717, 1.165) is 18.2 Å². The topological polar surface area (TPSA) is 50.4 Å². The average molecular weight is 345 g/mol. The van der Waals surface area contributed by atoms with Gasteiger partial charge in [-0.25, -0.2) is 4.39 Å². The predicted octanol–water partition coefficient (Wildman–Crippen LogP) is 3.13. The Kier molecular flexibility index (Phi) is 8.81. The van der Waals surface area contributed by atoms with E-state index in [9.17, 15) is 22.4 Å². The van der Waals surface area contributed by atoms with Gasteiger partial charge in [-0.05, 0) is 32.1 Å². The van der Waals surface area contributed by atoms with Crippen LogP contribution in [0.4, 0.5) is 23.2 Å². The van der Waals surface area contributed by atoms with E-state index < -0.39 is 18.6 Å². The fourth-order valence-electron chi connectivity index (χ4n) is 1.52. The Hall–Kier alpha value is -1.54. The zero-order chi connectivity index (χ0) is 15.9. The molecule has 0 saturated carbocycles. The molecule has 0 saturated heterocycles. The highest BCUT2D eigenvalue weighted by Crippen LogP contribution is 2.27. The summed E-state index contributed by atoms with van der Waals surface area (Å²) in [5.74, 6) is -1.48. The van der Waals surface area contributed by atoms with Gasteiger partial charge >= 0.3 is 6.18 Å². The summed E-state index contributed by atoms with van der Waals surface area (Å²) in [7, 11) is 1.74. The molecule has 1 aromatic carbocycles. The van der Waals surface area contributed by atoms with Gasteiger partial charge in [-0.15, -0.1) is 12.4 Å². The number of ether oxygens (including phenoxy) is 1. The lowest BCUT2D eigenvalue weighted by Gasteiger charge is -2.14. The van der Waals surface area contributed by atoms with Crippen LogP contribution in [0.3, 0.4) is 0 Å². The smallest absolute Gasteiger partial charge is 0.422 e. The van der Waals surface area contributed by atoms with Crippen molar-refractivity contribution in [3.05, 3.63) is 24.0 Å². The standard InChI is InChI=1S/C13H16F4N2O2.ClH/c1-18-6-2-3-12(20)19-10-5-4-9(14)7-11(10)21-8-13(15,16)17;/h4-5,7,18H,2-3,6,8H2,1H3,(H,19,20);1H. The lowest BCUT2D eigenvalue weighted by atomic mass is 10.2. The largest absolute Gasteiger partial charge is 0.482 e. The third-order valence-electron chi connectivity index (χ3n) is 2.44. The van der Waals surface area contributed by atoms with Gasteiger partial charge in [0.1, 0.15) is 11.6 Å². The second-order valence-electron chi connectivity index (χ2n) is 4.30. The van der Waals surface area contributed by atoms with Gasteiger partial charge in [0.2, 0.25) is 5.91 Å². The maximum absolute atomic E-state index is 13.1. The van der Waals surface area contributed by atoms with Crippen molar-refractivity contribution in [2.24, 2.45) is 0 Å². The minimum absolute atomic E-state index is 0. The normalized spacial score (nSPS) is 10.8. The Morgan fingerprint density at radius 3 is 2.59 bits per heavy atom. The highest BCUT2D eigenvalue weighted by Gasteiger charge is 2.29. The lowest BCUT2D eigenvalue weighted by molar-refractivity contribution is -0.153. The van der Waals surface area contributed by atoms with Gasteiger partial charge < -0.3 is 15.4 Å². The summed E-state index contributed by atoms with van der Waals surface area (Å²) in [6.07, 6.45) is -3.78. The number of anilines is 1. The fraction of sp³-hybridized carbons (Fsp3) is 0.462. The SMILES string of the molecule is CNCCCC(=O)Nc1ccc(F)cc1OCC(F)(F)F.Cl. The van der Waals surface area contributed by atoms with Gasteiger partial charge in [0.25, 0.3) is 0 Å². The third-order valence-corrected chi connectivity index (χ3v) is 2.44. The molecule has 4 nitrogen and oxygen atoms in total. The molecule has 0 aliphatic heterocycles. The van der Waals surface area contributed by atoms with Crippen LogP contribution in [0, 0.1) is 5.82 Å². The lowest BCUT2D eigenvalue weighted by Crippen LogP contribution is -2.20. The van der Waals surface area contributed by atoms with Crippen molar-refractivity contribution < 1.29 is 27.1 Å². The van der Waals surface area contributed by atoms with Crippen molar-refractivity contribution in [2.45, 2.75) is 19.0 Å². The second-order valence-corrected chi connectivity index (χ2v) is 4.30. The first kappa shape index (κ1) is 20.5. The van der Waals surface area contributed by atoms with Crippen LogP contribution in [0.2, 0.25) is 0 Å². The Balaban J connectivity index is 0.00000441. The van der Waals surface area contributed by atoms with Gasteiger partial charge in [-0.1, -0.05) is 0 Å². The van der Waals surface area contributed by atoms with E-state index in [1.54, 1.807) is 7.05 Å². The molecule has 0 spiro atoms. The second kappa shape index (κ2) is 9.47. The van der Waals surface area contributed by atoms with Gasteiger partial charge in [-0.2, -0.15) is 13.2 Å². The molecule has 0 atom stereocenters. The molecule has 1 amide bonds. The molecule has 2 N–H and O–H groups in total. The van der Waals surface area contributed by atoms with Crippen LogP contribution in [0.1, 0.15) is 12.8 Å². The number of hydrogen-bond acceptors (Lipinski definition) is 3. The fourth-order valence-corrected chi connectivity index (χ4v) is 1.52. The van der Waals surface area contributed by atoms with E-state index in [4.69, 9.17) is 0 Å². The Labute approximate surface area is 131 Å². The van der Waals surface area contributed by atoms with Crippen LogP contribution in [0.15, 0.2) is 18.2 Å². The zero-order valence-corrected chi connectivity index (χ0v) is 12.6. The Morgan fingerprint density at radius 2 is 2.00 bits per heavy atom. The zero-order valence-electron chi connectivity index (χ0n) is 11.8. The summed E-state index contributed by atoms with van der Waals surface area (Å²) in [5, 5.41) is 5.27. The molecule has 0 unspecified atom stereocenters. The Bertz CT molecular complexity index is 484. The first-order chi connectivity index (χ1) is 9.81. The first-order valence-corrected chi connectivity index (χ1v) is 6.25. The molecule has 1 aromatic rings. The molecule has 0 radical (unpaired) electrons. The van der Waals surface area contributed by atoms with Crippen molar-refractivity contribution in [1.82, 2.24) is 5.32 Å². The summed E-state index contributed by atoms with van der Waals surface area (Å²) in [5.41, 5.74) is 0.00936. The number of nitrogens with one attached hydrogen (secondary N) is 2. The third kappa shape index (κ3) is 8.04. The first-order valence-electron chi connectivity index (χ1n) is 6.25. The van der Waals surface area contributed by atoms with Gasteiger partial charge in [0, 0.05) is 12.5 Å². The number of halogens is 5. The van der Waals surface area contributed by atoms with Crippen LogP contribution in [-0.4, -0.2) is 32.3 Å². The monoisotopic (exact) mass is 344 g/mol. The molecular formula is C13H17ClF4N2O2. The number of hydrogen-bond donors (Lipinski definition) is 2. The Morgan fingerprint density at radius 1 is 1.32 bits per heavy atom. The molecule has 0 aromatic heterocycles. The van der Waals surface area contributed by atoms with Crippen molar-refractivity contribution in [2.75, 3.05) is 25.5 Å². The molecule has 9 heteroatoms. The van der Waals surface area contributed by atoms with Crippen molar-refractivity contribution >= 4 is 24.0 Å². The van der Waals surface area contributed by atoms with E-state index in [1.165, 1.54) is 0 Å². The summed E-state index contributed by atoms with van der Waals surface area (Å²) in [6.45, 7) is -0.923. The van der Waals surface area contributed by atoms with Gasteiger partial charge in [0.15, 0.2) is 6.61 Å². The van der Waals surface area contributed by atoms with Gasteiger partial charge in [0.05, 0.1) is 5.69 Å². The molecular weight excluding hydrogens is 328 g/mol. The number of amides is 1. The summed E-state index contributed by atoms with van der Waals surface area (Å²) < 4.78 is 54.0. The molecule has 0 aliphatic rings. The van der Waals surface area contributed by atoms with E-state index in [-0.39, 0.29) is 36.2 Å². The average Bonchev–Trinajstić information content (AvgIpc) is 2.38. The summed E-state index contributed by atoms with van der Waals surface area (Å²) >= 11 is 0. The van der Waals surface area contributed by atoms with E-state index in [2.05, 4.69) is 15.4 Å². The number of benzene rings is 1. The van der Waals surface area contributed by atoms with E-state index >= 15 is 0 Å². The molecule has 0 heterocycles. The number of carbonyl (C=O) groups is 1. The maximum atomic E-state index is 13.1. The van der Waals surface area contributed by atoms with Crippen LogP contribution < -0.4 is 15.4 Å². The van der Waals surface area contributed by atoms with E-state index in [0.29, 0.717) is 13.0 Å². The molecule has 0 bridgehead atoms. The summed E-state index contributed by atoms with van der Waals surface area (Å²) in [6, 6.07) is 3.00. The van der Waals surface area contributed by atoms with Crippen molar-refractivity contribution in [3.63, 3.8) is 0 Å². The quantitative estimate of drug-likeness (QED) is 0.590. The summed E-state index contributed by atoms with van der Waals surface area (Å²) in [4.78, 5) is 11.6. The van der Waals surface area contributed by atoms with Crippen molar-refractivity contribution in [1.29, 1.82) is 0 Å². The molecule has 22 heavy (non-hydrogen) atoms. The van der Waals surface area contributed by atoms with Crippen LogP contribution in [0.25, 0.3) is 0 Å². The molecule has 1 rings (SSSR count). The highest BCUT2D eigenvalue weighted by molar-refractivity contribution is 5.92. The number of alkyl halides is 3. The predicted molar refractivity (Wildman–Crippen MR) is 77.0 cm³/mol. The minimum atomic E-state index is -4.54. The minimum Gasteiger partial charge on any atom is -0.482 e. The van der Waals surface area contributed by atoms with E-state index in [1.807, 2.05) is 0 Å². The number of carbonyl (C=O) groups excluding carboxylic acids is 1. The van der Waals surface area contributed by atoms with Crippen molar-refractivity contribution in [3.8, 4) is 5.75 Å². The molecule has 0 aliphatic carbocycles.